The van der Waals surface area contributed by atoms with Crippen molar-refractivity contribution in [2.24, 2.45) is 0 Å². The van der Waals surface area contributed by atoms with Crippen LogP contribution in [-0.2, 0) is 11.3 Å². The van der Waals surface area contributed by atoms with Crippen molar-refractivity contribution >= 4 is 5.91 Å². The number of piperazine rings is 1. The summed E-state index contributed by atoms with van der Waals surface area (Å²) in [7, 11) is 1.65. The number of hydrogen-bond donors (Lipinski definition) is 1. The molecule has 2 heterocycles. The van der Waals surface area contributed by atoms with E-state index in [9.17, 15) is 14.3 Å². The lowest BCUT2D eigenvalue weighted by molar-refractivity contribution is -0.162. The van der Waals surface area contributed by atoms with Crippen LogP contribution in [0.4, 0.5) is 4.39 Å². The van der Waals surface area contributed by atoms with Gasteiger partial charge in [0.1, 0.15) is 11.6 Å². The second kappa shape index (κ2) is 8.96. The summed E-state index contributed by atoms with van der Waals surface area (Å²) >= 11 is 0. The Morgan fingerprint density at radius 3 is 2.21 bits per heavy atom. The fraction of sp³-hybridized carbons (Fsp3) is 0.296. The summed E-state index contributed by atoms with van der Waals surface area (Å²) in [4.78, 5) is 16.8. The lowest BCUT2D eigenvalue weighted by atomic mass is 9.73. The van der Waals surface area contributed by atoms with Gasteiger partial charge in [0.05, 0.1) is 32.3 Å². The summed E-state index contributed by atoms with van der Waals surface area (Å²) in [5.41, 5.74) is 4.32. The summed E-state index contributed by atoms with van der Waals surface area (Å²) < 4.78 is 18.5. The second-order valence-electron chi connectivity index (χ2n) is 8.79. The molecule has 2 aliphatic heterocycles. The fourth-order valence-electron chi connectivity index (χ4n) is 5.22. The van der Waals surface area contributed by atoms with Gasteiger partial charge in [0.25, 0.3) is 0 Å². The van der Waals surface area contributed by atoms with Gasteiger partial charge in [-0.2, -0.15) is 0 Å². The van der Waals surface area contributed by atoms with E-state index < -0.39 is 0 Å². The molecule has 2 saturated heterocycles. The lowest BCUT2D eigenvalue weighted by Gasteiger charge is -2.59. The highest BCUT2D eigenvalue weighted by Crippen LogP contribution is 2.43. The number of hydrogen-bond acceptors (Lipinski definition) is 4. The molecule has 33 heavy (non-hydrogen) atoms. The van der Waals surface area contributed by atoms with Gasteiger partial charge < -0.3 is 14.7 Å². The third-order valence-electron chi connectivity index (χ3n) is 6.86. The first-order chi connectivity index (χ1) is 16.1. The zero-order valence-electron chi connectivity index (χ0n) is 18.5. The van der Waals surface area contributed by atoms with Crippen molar-refractivity contribution in [1.29, 1.82) is 0 Å². The van der Waals surface area contributed by atoms with Gasteiger partial charge in [-0.1, -0.05) is 48.5 Å². The average molecular weight is 447 g/mol. The summed E-state index contributed by atoms with van der Waals surface area (Å²) in [6, 6.07) is 22.6. The van der Waals surface area contributed by atoms with Gasteiger partial charge in [-0.15, -0.1) is 0 Å². The van der Waals surface area contributed by atoms with Crippen molar-refractivity contribution in [1.82, 2.24) is 9.80 Å². The number of fused-ring (bicyclic) bond motifs is 1. The number of rotatable bonds is 6. The Labute approximate surface area is 193 Å². The molecule has 0 radical (unpaired) electrons. The summed E-state index contributed by atoms with van der Waals surface area (Å²) in [5, 5.41) is 10.0. The normalized spacial score (nSPS) is 22.6. The molecule has 1 amide bonds. The van der Waals surface area contributed by atoms with Gasteiger partial charge >= 0.3 is 0 Å². The Bertz CT molecular complexity index is 1120. The predicted octanol–water partition coefficient (Wildman–Crippen LogP) is 3.67. The molecule has 170 valence electrons. The van der Waals surface area contributed by atoms with E-state index in [1.54, 1.807) is 19.2 Å². The molecule has 0 aliphatic carbocycles. The minimum atomic E-state index is -0.262. The predicted molar refractivity (Wildman–Crippen MR) is 124 cm³/mol. The van der Waals surface area contributed by atoms with E-state index in [1.165, 1.54) is 12.1 Å². The number of carbonyl (C=O) groups excluding carboxylic acids is 1. The van der Waals surface area contributed by atoms with Crippen LogP contribution in [0.25, 0.3) is 11.1 Å². The number of ether oxygens (including phenoxy) is 1. The number of amides is 1. The lowest BCUT2D eigenvalue weighted by Crippen LogP contribution is -2.72. The van der Waals surface area contributed by atoms with Crippen molar-refractivity contribution in [3.63, 3.8) is 0 Å². The fourth-order valence-corrected chi connectivity index (χ4v) is 5.22. The van der Waals surface area contributed by atoms with E-state index in [0.29, 0.717) is 13.1 Å². The molecule has 2 aliphatic rings. The quantitative estimate of drug-likeness (QED) is 0.628. The van der Waals surface area contributed by atoms with E-state index in [2.05, 4.69) is 29.2 Å². The number of carbonyl (C=O) groups is 1. The molecular formula is C27H27FN2O3. The molecule has 5 rings (SSSR count). The molecule has 3 aromatic rings. The summed E-state index contributed by atoms with van der Waals surface area (Å²) in [6.07, 6.45) is 0. The standard InChI is InChI=1S/C27H27FN2O3/c1-33-23-12-8-20(9-13-23)19-4-6-21(7-5-19)27-24-15-29(14-18-2-10-22(28)11-3-18)16-26(32)30(24)25(27)17-31/h2-13,24-25,27,31H,14-17H2,1H3/t24-,25-,27+/m0/s1. The Kier molecular flexibility index (Phi) is 5.87. The van der Waals surface area contributed by atoms with Crippen LogP contribution in [0, 0.1) is 5.82 Å². The highest BCUT2D eigenvalue weighted by atomic mass is 19.1. The Balaban J connectivity index is 1.33. The number of nitrogens with zero attached hydrogens (tertiary/aromatic N) is 2. The number of benzene rings is 3. The van der Waals surface area contributed by atoms with Gasteiger partial charge in [0.15, 0.2) is 0 Å². The Morgan fingerprint density at radius 2 is 1.61 bits per heavy atom. The maximum Gasteiger partial charge on any atom is 0.237 e. The van der Waals surface area contributed by atoms with Gasteiger partial charge in [0.2, 0.25) is 5.91 Å². The van der Waals surface area contributed by atoms with E-state index in [4.69, 9.17) is 4.74 Å². The molecule has 5 nitrogen and oxygen atoms in total. The molecule has 0 saturated carbocycles. The molecule has 1 N–H and O–H groups in total. The van der Waals surface area contributed by atoms with Crippen LogP contribution in [-0.4, -0.2) is 59.7 Å². The minimum Gasteiger partial charge on any atom is -0.497 e. The smallest absolute Gasteiger partial charge is 0.237 e. The van der Waals surface area contributed by atoms with Crippen LogP contribution >= 0.6 is 0 Å². The third kappa shape index (κ3) is 4.12. The summed E-state index contributed by atoms with van der Waals surface area (Å²) in [6.45, 7) is 1.59. The average Bonchev–Trinajstić information content (AvgIpc) is 2.83. The van der Waals surface area contributed by atoms with Crippen molar-refractivity contribution in [3.8, 4) is 16.9 Å². The van der Waals surface area contributed by atoms with Crippen LogP contribution < -0.4 is 4.74 Å². The van der Waals surface area contributed by atoms with Crippen molar-refractivity contribution in [2.45, 2.75) is 24.5 Å². The maximum atomic E-state index is 13.2. The molecule has 0 unspecified atom stereocenters. The number of methoxy groups -OCH3 is 1. The molecule has 3 aromatic carbocycles. The topological polar surface area (TPSA) is 53.0 Å². The van der Waals surface area contributed by atoms with Gasteiger partial charge in [-0.25, -0.2) is 4.39 Å². The van der Waals surface area contributed by atoms with Crippen LogP contribution in [0.3, 0.4) is 0 Å². The van der Waals surface area contributed by atoms with Gasteiger partial charge in [0, 0.05) is 19.0 Å². The Hall–Kier alpha value is -3.22. The first-order valence-electron chi connectivity index (χ1n) is 11.2. The zero-order chi connectivity index (χ0) is 22.9. The summed E-state index contributed by atoms with van der Waals surface area (Å²) in [5.74, 6) is 0.684. The molecule has 2 fully saturated rings. The van der Waals surface area contributed by atoms with E-state index >= 15 is 0 Å². The van der Waals surface area contributed by atoms with Gasteiger partial charge in [-0.3, -0.25) is 9.69 Å². The monoisotopic (exact) mass is 446 g/mol. The minimum absolute atomic E-state index is 0.0238. The van der Waals surface area contributed by atoms with Gasteiger partial charge in [-0.05, 0) is 46.5 Å². The van der Waals surface area contributed by atoms with Crippen LogP contribution in [0.15, 0.2) is 72.8 Å². The number of aliphatic hydroxyl groups is 1. The third-order valence-corrected chi connectivity index (χ3v) is 6.86. The van der Waals surface area contributed by atoms with E-state index in [-0.39, 0.29) is 36.3 Å². The molecule has 6 heteroatoms. The van der Waals surface area contributed by atoms with E-state index in [0.717, 1.165) is 34.5 Å². The van der Waals surface area contributed by atoms with Crippen LogP contribution in [0.2, 0.25) is 0 Å². The SMILES string of the molecule is COc1ccc(-c2ccc([C@H]3[C@H](CO)N4C(=O)CN(Cc5ccc(F)cc5)C[C@@H]34)cc2)cc1. The second-order valence-corrected chi connectivity index (χ2v) is 8.79. The van der Waals surface area contributed by atoms with E-state index in [1.807, 2.05) is 29.2 Å². The molecule has 0 bridgehead atoms. The first-order valence-corrected chi connectivity index (χ1v) is 11.2. The number of halogens is 1. The molecule has 0 spiro atoms. The molecule has 3 atom stereocenters. The van der Waals surface area contributed by atoms with Crippen molar-refractivity contribution in [2.75, 3.05) is 26.8 Å². The maximum absolute atomic E-state index is 13.2. The Morgan fingerprint density at radius 1 is 0.970 bits per heavy atom. The first kappa shape index (κ1) is 21.6. The van der Waals surface area contributed by atoms with Crippen molar-refractivity contribution < 1.29 is 19.0 Å². The molecule has 0 aromatic heterocycles. The number of aliphatic hydroxyl groups excluding tert-OH is 1. The highest BCUT2D eigenvalue weighted by Gasteiger charge is 2.53. The van der Waals surface area contributed by atoms with Crippen LogP contribution in [0.1, 0.15) is 17.0 Å². The highest BCUT2D eigenvalue weighted by molar-refractivity contribution is 5.81. The van der Waals surface area contributed by atoms with Crippen LogP contribution in [0.5, 0.6) is 5.75 Å². The largest absolute Gasteiger partial charge is 0.497 e. The van der Waals surface area contributed by atoms with Crippen molar-refractivity contribution in [3.05, 3.63) is 89.7 Å². The molecular weight excluding hydrogens is 419 g/mol. The zero-order valence-corrected chi connectivity index (χ0v) is 18.5.